The van der Waals surface area contributed by atoms with Crippen molar-refractivity contribution in [2.24, 2.45) is 0 Å². The summed E-state index contributed by atoms with van der Waals surface area (Å²) >= 11 is 0. The largest absolute Gasteiger partial charge is 0.527 e. The van der Waals surface area contributed by atoms with E-state index in [2.05, 4.69) is 0 Å². The van der Waals surface area contributed by atoms with Gasteiger partial charge in [0.25, 0.3) is 0 Å². The summed E-state index contributed by atoms with van der Waals surface area (Å²) in [5, 5.41) is 0. The Morgan fingerprint density at radius 3 is 1.25 bits per heavy atom. The molecule has 0 amide bonds. The van der Waals surface area contributed by atoms with Gasteiger partial charge in [-0.15, -0.1) is 18.1 Å². The van der Waals surface area contributed by atoms with Crippen molar-refractivity contribution in [3.63, 3.8) is 0 Å². The second kappa shape index (κ2) is 3.91. The molecule has 0 rings (SSSR count). The van der Waals surface area contributed by atoms with E-state index in [0.29, 0.717) is 0 Å². The van der Waals surface area contributed by atoms with Crippen LogP contribution < -0.4 is 0 Å². The second-order valence-corrected chi connectivity index (χ2v) is 2.23. The Balaban J connectivity index is 5.14. The molecule has 0 heterocycles. The first kappa shape index (κ1) is 15.2. The molecule has 0 fully saturated rings. The van der Waals surface area contributed by atoms with Crippen molar-refractivity contribution in [2.75, 3.05) is 0 Å². The van der Waals surface area contributed by atoms with Gasteiger partial charge in [-0.3, -0.25) is 0 Å². The van der Waals surface area contributed by atoms with Gasteiger partial charge in [-0.05, 0) is 4.53 Å². The summed E-state index contributed by atoms with van der Waals surface area (Å²) in [6, 6.07) is 0. The van der Waals surface area contributed by atoms with Crippen molar-refractivity contribution in [2.45, 2.75) is 24.5 Å². The van der Waals surface area contributed by atoms with Gasteiger partial charge < -0.3 is 0 Å². The molecule has 0 atom stereocenters. The summed E-state index contributed by atoms with van der Waals surface area (Å²) in [5.74, 6) is -6.86. The van der Waals surface area contributed by atoms with Gasteiger partial charge in [0.15, 0.2) is 0 Å². The smallest absolute Gasteiger partial charge is 0.221 e. The molecule has 0 aliphatic rings. The van der Waals surface area contributed by atoms with Crippen LogP contribution in [0.5, 0.6) is 0 Å². The zero-order valence-corrected chi connectivity index (χ0v) is 6.60. The first-order valence-corrected chi connectivity index (χ1v) is 2.97. The third-order valence-electron chi connectivity index (χ3n) is 1.07. The lowest BCUT2D eigenvalue weighted by atomic mass is 10.3. The van der Waals surface area contributed by atoms with Crippen molar-refractivity contribution in [1.82, 2.24) is 0 Å². The van der Waals surface area contributed by atoms with Crippen molar-refractivity contribution in [3.05, 3.63) is 0 Å². The molecule has 2 nitrogen and oxygen atoms in total. The number of rotatable bonds is 4. The monoisotopic (exact) mass is 270 g/mol. The van der Waals surface area contributed by atoms with Gasteiger partial charge in [0.05, 0.1) is 0 Å². The Kier molecular flexibility index (Phi) is 3.72. The first-order chi connectivity index (χ1) is 6.77. The number of alkyl halides is 9. The molecule has 16 heavy (non-hydrogen) atoms. The quantitative estimate of drug-likeness (QED) is 0.730. The molecular formula is C4F10O2. The normalized spacial score (nSPS) is 15.4. The third-order valence-corrected chi connectivity index (χ3v) is 1.07. The maximum atomic E-state index is 12.0. The number of halogens is 10. The lowest BCUT2D eigenvalue weighted by Gasteiger charge is -2.29. The van der Waals surface area contributed by atoms with E-state index in [9.17, 15) is 44.0 Å². The topological polar surface area (TPSA) is 18.5 Å². The Morgan fingerprint density at radius 2 is 1.00 bits per heavy atom. The van der Waals surface area contributed by atoms with Crippen LogP contribution in [-0.2, 0) is 9.68 Å². The molecule has 0 aromatic carbocycles. The van der Waals surface area contributed by atoms with E-state index in [1.165, 1.54) is 9.68 Å². The zero-order chi connectivity index (χ0) is 13.4. The summed E-state index contributed by atoms with van der Waals surface area (Å²) in [7, 11) is 0. The summed E-state index contributed by atoms with van der Waals surface area (Å²) in [6.07, 6.45) is -19.5. The van der Waals surface area contributed by atoms with Gasteiger partial charge >= 0.3 is 24.5 Å². The number of hydrogen-bond acceptors (Lipinski definition) is 2. The van der Waals surface area contributed by atoms with E-state index in [-0.39, 0.29) is 0 Å². The number of ether oxygens (including phenoxy) is 1. The Bertz CT molecular complexity index is 244. The first-order valence-electron chi connectivity index (χ1n) is 2.97. The second-order valence-electron chi connectivity index (χ2n) is 2.23. The highest BCUT2D eigenvalue weighted by Crippen LogP contribution is 2.48. The van der Waals surface area contributed by atoms with Crippen molar-refractivity contribution < 1.29 is 53.7 Å². The molecule has 0 unspecified atom stereocenters. The van der Waals surface area contributed by atoms with Crippen LogP contribution in [-0.4, -0.2) is 24.5 Å². The zero-order valence-electron chi connectivity index (χ0n) is 6.60. The molecule has 98 valence electrons. The fraction of sp³-hybridized carbons (Fsp3) is 1.00. The fourth-order valence-corrected chi connectivity index (χ4v) is 0.427. The Hall–Kier alpha value is -0.780. The van der Waals surface area contributed by atoms with E-state index in [1.54, 1.807) is 0 Å². The molecule has 0 saturated carbocycles. The van der Waals surface area contributed by atoms with Gasteiger partial charge in [-0.1, -0.05) is 0 Å². The summed E-state index contributed by atoms with van der Waals surface area (Å²) in [5.41, 5.74) is 0. The predicted molar refractivity (Wildman–Crippen MR) is 24.2 cm³/mol. The van der Waals surface area contributed by atoms with Crippen molar-refractivity contribution in [1.29, 1.82) is 0 Å². The van der Waals surface area contributed by atoms with E-state index < -0.39 is 24.5 Å². The van der Waals surface area contributed by atoms with Gasteiger partial charge in [-0.25, -0.2) is 4.74 Å². The average Bonchev–Trinajstić information content (AvgIpc) is 1.99. The maximum absolute atomic E-state index is 12.0. The van der Waals surface area contributed by atoms with Crippen molar-refractivity contribution in [3.8, 4) is 0 Å². The van der Waals surface area contributed by atoms with Gasteiger partial charge in [0.2, 0.25) is 0 Å². The summed E-state index contributed by atoms with van der Waals surface area (Å²) in [6.45, 7) is 0. The SMILES string of the molecule is FOC(F)(F)C(F)(F)C(F)(F)OC(F)(F)F. The summed E-state index contributed by atoms with van der Waals surface area (Å²) < 4.78 is 117. The van der Waals surface area contributed by atoms with E-state index >= 15 is 0 Å². The molecule has 0 bridgehead atoms. The fourth-order valence-electron chi connectivity index (χ4n) is 0.427. The van der Waals surface area contributed by atoms with Crippen LogP contribution in [0.4, 0.5) is 44.0 Å². The van der Waals surface area contributed by atoms with E-state index in [0.717, 1.165) is 0 Å². The molecular weight excluding hydrogens is 270 g/mol. The Morgan fingerprint density at radius 1 is 0.625 bits per heavy atom. The molecule has 0 radical (unpaired) electrons. The Labute approximate surface area is 79.6 Å². The van der Waals surface area contributed by atoms with E-state index in [1.807, 2.05) is 0 Å². The maximum Gasteiger partial charge on any atom is 0.527 e. The molecule has 0 aromatic rings. The third kappa shape index (κ3) is 2.87. The molecule has 0 spiro atoms. The van der Waals surface area contributed by atoms with Crippen LogP contribution in [0.3, 0.4) is 0 Å². The highest BCUT2D eigenvalue weighted by molar-refractivity contribution is 4.85. The lowest BCUT2D eigenvalue weighted by molar-refractivity contribution is -0.525. The van der Waals surface area contributed by atoms with Gasteiger partial charge in [0, 0.05) is 0 Å². The summed E-state index contributed by atoms with van der Waals surface area (Å²) in [4.78, 5) is 1.19. The molecule has 0 N–H and O–H groups in total. The minimum atomic E-state index is -6.86. The van der Waals surface area contributed by atoms with Crippen LogP contribution >= 0.6 is 0 Å². The standard InChI is InChI=1S/C4F10O2/c5-1(6,3(9,10)16-14)2(7,8)15-4(11,12)13. The minimum absolute atomic E-state index is 1.19. The van der Waals surface area contributed by atoms with Gasteiger partial charge in [0.1, 0.15) is 0 Å². The average molecular weight is 270 g/mol. The van der Waals surface area contributed by atoms with Crippen LogP contribution in [0.2, 0.25) is 0 Å². The van der Waals surface area contributed by atoms with Crippen LogP contribution in [0.1, 0.15) is 0 Å². The molecule has 12 heteroatoms. The van der Waals surface area contributed by atoms with Crippen LogP contribution in [0.15, 0.2) is 0 Å². The van der Waals surface area contributed by atoms with Gasteiger partial charge in [-0.2, -0.15) is 26.3 Å². The highest BCUT2D eigenvalue weighted by atomic mass is 19.4. The molecule has 0 aliphatic carbocycles. The van der Waals surface area contributed by atoms with E-state index in [4.69, 9.17) is 0 Å². The van der Waals surface area contributed by atoms with Crippen LogP contribution in [0, 0.1) is 0 Å². The van der Waals surface area contributed by atoms with Crippen LogP contribution in [0.25, 0.3) is 0 Å². The number of hydrogen-bond donors (Lipinski definition) is 0. The lowest BCUT2D eigenvalue weighted by Crippen LogP contribution is -2.57. The minimum Gasteiger partial charge on any atom is -0.221 e. The van der Waals surface area contributed by atoms with Crippen molar-refractivity contribution >= 4 is 0 Å². The molecule has 0 aromatic heterocycles. The molecule has 0 saturated heterocycles. The highest BCUT2D eigenvalue weighted by Gasteiger charge is 2.77. The predicted octanol–water partition coefficient (Wildman–Crippen LogP) is 3.24. The molecule has 0 aliphatic heterocycles.